The van der Waals surface area contributed by atoms with Crippen molar-refractivity contribution in [2.24, 2.45) is 0 Å². The third kappa shape index (κ3) is 4.59. The Morgan fingerprint density at radius 1 is 1.12 bits per heavy atom. The van der Waals surface area contributed by atoms with Crippen LogP contribution in [0.5, 0.6) is 0 Å². The lowest BCUT2D eigenvalue weighted by Gasteiger charge is -2.33. The maximum atomic E-state index is 12.5. The largest absolute Gasteiger partial charge is 0.455 e. The summed E-state index contributed by atoms with van der Waals surface area (Å²) in [6, 6.07) is 10.8. The Morgan fingerprint density at radius 3 is 2.44 bits per heavy atom. The van der Waals surface area contributed by atoms with E-state index in [2.05, 4.69) is 27.8 Å². The zero-order chi connectivity index (χ0) is 17.8. The molecule has 1 aromatic carbocycles. The second kappa shape index (κ2) is 8.29. The van der Waals surface area contributed by atoms with Crippen LogP contribution in [0.15, 0.2) is 50.2 Å². The average molecular weight is 425 g/mol. The molecule has 1 atom stereocenters. The molecule has 0 unspecified atom stereocenters. The molecule has 1 aliphatic rings. The van der Waals surface area contributed by atoms with Crippen LogP contribution in [0, 0.1) is 0 Å². The lowest BCUT2D eigenvalue weighted by atomic mass is 10.3. The smallest absolute Gasteiger partial charge is 0.289 e. The number of rotatable bonds is 5. The quantitative estimate of drug-likeness (QED) is 0.739. The van der Waals surface area contributed by atoms with Gasteiger partial charge in [0.25, 0.3) is 5.91 Å². The number of halogens is 1. The van der Waals surface area contributed by atoms with E-state index in [1.54, 1.807) is 12.1 Å². The number of benzene rings is 1. The molecule has 7 heteroatoms. The van der Waals surface area contributed by atoms with Crippen LogP contribution in [0.2, 0.25) is 0 Å². The normalized spacial score (nSPS) is 16.8. The molecular formula is C18H21BrN2O3S. The van der Waals surface area contributed by atoms with E-state index in [1.807, 2.05) is 29.2 Å². The molecule has 134 valence electrons. The standard InChI is InChI=1S/C18H21BrN2O3S/c1-2-20-9-11-21(12-10-20)18(22)17-8-5-15(24-17)13-25(23)16-6-3-14(19)4-7-16/h3-8H,2,9-13H2,1H3/t25-/m0/s1. The van der Waals surface area contributed by atoms with Crippen molar-refractivity contribution in [3.05, 3.63) is 52.4 Å². The van der Waals surface area contributed by atoms with Crippen LogP contribution in [-0.4, -0.2) is 52.6 Å². The highest BCUT2D eigenvalue weighted by atomic mass is 79.9. The number of piperazine rings is 1. The fourth-order valence-corrected chi connectivity index (χ4v) is 4.08. The molecule has 1 fully saturated rings. The minimum Gasteiger partial charge on any atom is -0.455 e. The van der Waals surface area contributed by atoms with Gasteiger partial charge in [0, 0.05) is 35.5 Å². The number of furan rings is 1. The molecule has 0 N–H and O–H groups in total. The molecule has 3 rings (SSSR count). The molecule has 2 heterocycles. The van der Waals surface area contributed by atoms with E-state index in [0.29, 0.717) is 24.6 Å². The van der Waals surface area contributed by atoms with Crippen LogP contribution in [-0.2, 0) is 16.6 Å². The molecule has 1 aromatic heterocycles. The average Bonchev–Trinajstić information content (AvgIpc) is 3.10. The number of likely N-dealkylation sites (N-methyl/N-ethyl adjacent to an activating group) is 1. The van der Waals surface area contributed by atoms with Crippen LogP contribution in [0.25, 0.3) is 0 Å². The van der Waals surface area contributed by atoms with Gasteiger partial charge < -0.3 is 14.2 Å². The molecule has 0 bridgehead atoms. The maximum Gasteiger partial charge on any atom is 0.289 e. The van der Waals surface area contributed by atoms with Crippen LogP contribution >= 0.6 is 15.9 Å². The zero-order valence-corrected chi connectivity index (χ0v) is 16.5. The topological polar surface area (TPSA) is 53.8 Å². The second-order valence-corrected chi connectivity index (χ2v) is 8.30. The maximum absolute atomic E-state index is 12.5. The summed E-state index contributed by atoms with van der Waals surface area (Å²) in [7, 11) is -1.20. The van der Waals surface area contributed by atoms with E-state index >= 15 is 0 Å². The highest BCUT2D eigenvalue weighted by Crippen LogP contribution is 2.19. The Hall–Kier alpha value is -1.44. The molecule has 0 spiro atoms. The summed E-state index contributed by atoms with van der Waals surface area (Å²) in [5.74, 6) is 1.07. The van der Waals surface area contributed by atoms with E-state index in [4.69, 9.17) is 4.42 Å². The highest BCUT2D eigenvalue weighted by molar-refractivity contribution is 9.10. The minimum absolute atomic E-state index is 0.0866. The monoisotopic (exact) mass is 424 g/mol. The van der Waals surface area contributed by atoms with Crippen LogP contribution in [0.1, 0.15) is 23.2 Å². The number of carbonyl (C=O) groups excluding carboxylic acids is 1. The summed E-state index contributed by atoms with van der Waals surface area (Å²) in [6.45, 7) is 6.35. The van der Waals surface area contributed by atoms with Crippen molar-refractivity contribution in [1.29, 1.82) is 0 Å². The number of hydrogen-bond acceptors (Lipinski definition) is 4. The predicted octanol–water partition coefficient (Wildman–Crippen LogP) is 3.13. The Morgan fingerprint density at radius 2 is 1.80 bits per heavy atom. The van der Waals surface area contributed by atoms with Gasteiger partial charge in [-0.2, -0.15) is 0 Å². The molecular weight excluding hydrogens is 404 g/mol. The second-order valence-electron chi connectivity index (χ2n) is 5.94. The Bertz CT molecular complexity index is 752. The van der Waals surface area contributed by atoms with Gasteiger partial charge in [0.2, 0.25) is 0 Å². The zero-order valence-electron chi connectivity index (χ0n) is 14.1. The number of hydrogen-bond donors (Lipinski definition) is 0. The van der Waals surface area contributed by atoms with Crippen molar-refractivity contribution < 1.29 is 13.4 Å². The van der Waals surface area contributed by atoms with Crippen molar-refractivity contribution in [3.8, 4) is 0 Å². The number of amides is 1. The van der Waals surface area contributed by atoms with Gasteiger partial charge in [0.05, 0.1) is 16.6 Å². The summed E-state index contributed by atoms with van der Waals surface area (Å²) in [4.78, 5) is 17.4. The third-order valence-corrected chi connectivity index (χ3v) is 6.20. The predicted molar refractivity (Wildman–Crippen MR) is 101 cm³/mol. The first kappa shape index (κ1) is 18.4. The van der Waals surface area contributed by atoms with E-state index in [1.165, 1.54) is 0 Å². The lowest BCUT2D eigenvalue weighted by molar-refractivity contribution is 0.0611. The van der Waals surface area contributed by atoms with Crippen LogP contribution < -0.4 is 0 Å². The number of nitrogens with zero attached hydrogens (tertiary/aromatic N) is 2. The number of carbonyl (C=O) groups is 1. The lowest BCUT2D eigenvalue weighted by Crippen LogP contribution is -2.48. The molecule has 1 aliphatic heterocycles. The summed E-state index contributed by atoms with van der Waals surface area (Å²) in [5, 5.41) is 0. The molecule has 1 saturated heterocycles. The van der Waals surface area contributed by atoms with Gasteiger partial charge in [-0.15, -0.1) is 0 Å². The summed E-state index contributed by atoms with van der Waals surface area (Å²) >= 11 is 3.36. The first-order valence-corrected chi connectivity index (χ1v) is 10.4. The van der Waals surface area contributed by atoms with Gasteiger partial charge in [-0.25, -0.2) is 0 Å². The molecule has 0 aliphatic carbocycles. The van der Waals surface area contributed by atoms with Crippen LogP contribution in [0.4, 0.5) is 0 Å². The Labute approximate surface area is 158 Å². The van der Waals surface area contributed by atoms with Gasteiger partial charge in [-0.05, 0) is 42.9 Å². The first-order valence-electron chi connectivity index (χ1n) is 8.31. The van der Waals surface area contributed by atoms with Crippen LogP contribution in [0.3, 0.4) is 0 Å². The fourth-order valence-electron chi connectivity index (χ4n) is 2.79. The summed E-state index contributed by atoms with van der Waals surface area (Å²) in [5.41, 5.74) is 0. The third-order valence-electron chi connectivity index (χ3n) is 4.33. The van der Waals surface area contributed by atoms with Crippen molar-refractivity contribution in [2.45, 2.75) is 17.6 Å². The fraction of sp³-hybridized carbons (Fsp3) is 0.389. The van der Waals surface area contributed by atoms with Gasteiger partial charge >= 0.3 is 0 Å². The van der Waals surface area contributed by atoms with Gasteiger partial charge in [0.15, 0.2) is 5.76 Å². The van der Waals surface area contributed by atoms with E-state index < -0.39 is 10.8 Å². The van der Waals surface area contributed by atoms with Gasteiger partial charge in [0.1, 0.15) is 5.76 Å². The van der Waals surface area contributed by atoms with Crippen molar-refractivity contribution in [1.82, 2.24) is 9.80 Å². The van der Waals surface area contributed by atoms with Gasteiger partial charge in [-0.3, -0.25) is 9.00 Å². The minimum atomic E-state index is -1.20. The molecule has 5 nitrogen and oxygen atoms in total. The molecule has 0 saturated carbocycles. The molecule has 0 radical (unpaired) electrons. The van der Waals surface area contributed by atoms with Crippen molar-refractivity contribution in [3.63, 3.8) is 0 Å². The Balaban J connectivity index is 1.61. The van der Waals surface area contributed by atoms with Crippen molar-refractivity contribution in [2.75, 3.05) is 32.7 Å². The molecule has 25 heavy (non-hydrogen) atoms. The summed E-state index contributed by atoms with van der Waals surface area (Å²) in [6.07, 6.45) is 0. The van der Waals surface area contributed by atoms with E-state index in [-0.39, 0.29) is 11.7 Å². The first-order chi connectivity index (χ1) is 12.1. The molecule has 1 amide bonds. The Kier molecular flexibility index (Phi) is 6.09. The highest BCUT2D eigenvalue weighted by Gasteiger charge is 2.23. The molecule has 2 aromatic rings. The SMILES string of the molecule is CCN1CCN(C(=O)c2ccc(C[S@](=O)c3ccc(Br)cc3)o2)CC1. The van der Waals surface area contributed by atoms with Crippen molar-refractivity contribution >= 4 is 32.6 Å². The van der Waals surface area contributed by atoms with E-state index in [0.717, 1.165) is 29.0 Å². The van der Waals surface area contributed by atoms with E-state index in [9.17, 15) is 9.00 Å². The van der Waals surface area contributed by atoms with Gasteiger partial charge in [-0.1, -0.05) is 22.9 Å². The summed E-state index contributed by atoms with van der Waals surface area (Å²) < 4.78 is 19.0.